The van der Waals surface area contributed by atoms with Crippen LogP contribution in [-0.2, 0) is 19.1 Å². The average molecular weight is 362 g/mol. The van der Waals surface area contributed by atoms with Gasteiger partial charge in [-0.2, -0.15) is 0 Å². The van der Waals surface area contributed by atoms with Gasteiger partial charge in [0.05, 0.1) is 17.4 Å². The minimum atomic E-state index is -0.563. The minimum Gasteiger partial charge on any atom is -0.456 e. The van der Waals surface area contributed by atoms with Crippen molar-refractivity contribution < 1.29 is 19.1 Å². The van der Waals surface area contributed by atoms with E-state index in [4.69, 9.17) is 4.74 Å². The predicted molar refractivity (Wildman–Crippen MR) is 97.4 cm³/mol. The van der Waals surface area contributed by atoms with Gasteiger partial charge in [0.15, 0.2) is 6.61 Å². The largest absolute Gasteiger partial charge is 0.456 e. The van der Waals surface area contributed by atoms with Gasteiger partial charge in [-0.25, -0.2) is 0 Å². The molecule has 0 aromatic heterocycles. The zero-order valence-corrected chi connectivity index (χ0v) is 15.2. The summed E-state index contributed by atoms with van der Waals surface area (Å²) in [6.45, 7) is 8.08. The number of fused-ring (bicyclic) bond motifs is 1. The van der Waals surface area contributed by atoms with Crippen LogP contribution in [0.4, 0.5) is 5.69 Å². The number of rotatable bonds is 7. The smallest absolute Gasteiger partial charge is 0.307 e. The number of ether oxygens (including phenoxy) is 1. The predicted octanol–water partition coefficient (Wildman–Crippen LogP) is 2.46. The van der Waals surface area contributed by atoms with Crippen molar-refractivity contribution in [1.29, 1.82) is 0 Å². The van der Waals surface area contributed by atoms with Gasteiger partial charge in [-0.3, -0.25) is 14.4 Å². The molecule has 1 heterocycles. The van der Waals surface area contributed by atoms with Crippen LogP contribution in [-0.4, -0.2) is 47.6 Å². The Kier molecular flexibility index (Phi) is 6.64. The normalized spacial score (nSPS) is 15.8. The molecule has 25 heavy (non-hydrogen) atoms. The number of benzene rings is 1. The van der Waals surface area contributed by atoms with Crippen LogP contribution < -0.4 is 5.32 Å². The zero-order valence-electron chi connectivity index (χ0n) is 14.4. The maximum absolute atomic E-state index is 12.1. The quantitative estimate of drug-likeness (QED) is 0.596. The number of nitrogens with zero attached hydrogens (tertiary/aromatic N) is 1. The molecule has 1 aromatic rings. The van der Waals surface area contributed by atoms with E-state index < -0.39 is 11.2 Å². The Morgan fingerprint density at radius 1 is 1.36 bits per heavy atom. The van der Waals surface area contributed by atoms with Crippen molar-refractivity contribution in [2.45, 2.75) is 30.4 Å². The van der Waals surface area contributed by atoms with Crippen LogP contribution >= 0.6 is 11.8 Å². The van der Waals surface area contributed by atoms with Crippen LogP contribution in [0.2, 0.25) is 0 Å². The van der Waals surface area contributed by atoms with Crippen LogP contribution in [0.1, 0.15) is 20.3 Å². The van der Waals surface area contributed by atoms with Gasteiger partial charge in [-0.05, 0) is 26.0 Å². The van der Waals surface area contributed by atoms with E-state index >= 15 is 0 Å². The van der Waals surface area contributed by atoms with E-state index in [0.29, 0.717) is 13.1 Å². The fraction of sp³-hybridized carbons (Fsp3) is 0.389. The van der Waals surface area contributed by atoms with Crippen LogP contribution in [0.5, 0.6) is 0 Å². The summed E-state index contributed by atoms with van der Waals surface area (Å²) < 4.78 is 5.05. The van der Waals surface area contributed by atoms with Crippen LogP contribution in [0.25, 0.3) is 0 Å². The number of nitrogens with one attached hydrogen (secondary N) is 1. The number of para-hydroxylation sites is 1. The molecule has 0 fully saturated rings. The Hall–Kier alpha value is -2.28. The first-order valence-corrected chi connectivity index (χ1v) is 8.93. The van der Waals surface area contributed by atoms with E-state index in [0.717, 1.165) is 16.2 Å². The lowest BCUT2D eigenvalue weighted by atomic mass is 10.2. The molecule has 1 N–H and O–H groups in total. The number of hydrogen-bond donors (Lipinski definition) is 1. The number of amides is 2. The number of likely N-dealkylation sites (N-methyl/N-ethyl adjacent to an activating group) is 1. The summed E-state index contributed by atoms with van der Waals surface area (Å²) in [6.07, 6.45) is -0.0786. The topological polar surface area (TPSA) is 75.7 Å². The second-order valence-electron chi connectivity index (χ2n) is 5.82. The lowest BCUT2D eigenvalue weighted by molar-refractivity contribution is -0.152. The third-order valence-corrected chi connectivity index (χ3v) is 4.89. The molecule has 0 saturated heterocycles. The van der Waals surface area contributed by atoms with Crippen molar-refractivity contribution in [3.05, 3.63) is 36.4 Å². The Balaban J connectivity index is 1.85. The third-order valence-electron chi connectivity index (χ3n) is 3.61. The molecule has 0 radical (unpaired) electrons. The molecule has 2 rings (SSSR count). The molecule has 134 valence electrons. The Morgan fingerprint density at radius 2 is 2.08 bits per heavy atom. The Bertz CT molecular complexity index is 689. The minimum absolute atomic E-state index is 0.0786. The highest BCUT2D eigenvalue weighted by Crippen LogP contribution is 2.36. The number of thioether (sulfide) groups is 1. The van der Waals surface area contributed by atoms with Crippen molar-refractivity contribution in [3.8, 4) is 0 Å². The molecule has 0 spiro atoms. The first-order chi connectivity index (χ1) is 11.9. The maximum Gasteiger partial charge on any atom is 0.307 e. The van der Waals surface area contributed by atoms with Crippen molar-refractivity contribution in [2.24, 2.45) is 0 Å². The van der Waals surface area contributed by atoms with E-state index in [1.807, 2.05) is 38.1 Å². The Morgan fingerprint density at radius 3 is 2.76 bits per heavy atom. The summed E-state index contributed by atoms with van der Waals surface area (Å²) in [5, 5.41) is 2.22. The molecule has 6 nitrogen and oxygen atoms in total. The van der Waals surface area contributed by atoms with E-state index in [9.17, 15) is 14.4 Å². The maximum atomic E-state index is 12.1. The molecule has 2 amide bonds. The summed E-state index contributed by atoms with van der Waals surface area (Å²) in [7, 11) is 0. The van der Waals surface area contributed by atoms with E-state index in [-0.39, 0.29) is 24.8 Å². The summed E-state index contributed by atoms with van der Waals surface area (Å²) in [5.41, 5.74) is 1.60. The second-order valence-corrected chi connectivity index (χ2v) is 7.07. The summed E-state index contributed by atoms with van der Waals surface area (Å²) in [6, 6.07) is 7.41. The van der Waals surface area contributed by atoms with E-state index in [1.54, 1.807) is 4.90 Å². The first kappa shape index (κ1) is 19.1. The number of carbonyl (C=O) groups excluding carboxylic acids is 3. The van der Waals surface area contributed by atoms with Crippen molar-refractivity contribution in [3.63, 3.8) is 0 Å². The van der Waals surface area contributed by atoms with Gasteiger partial charge in [0.25, 0.3) is 5.91 Å². The number of hydrogen-bond acceptors (Lipinski definition) is 5. The molecule has 1 aliphatic heterocycles. The SMILES string of the molecule is C=C(C)CN(CC)C(=O)COC(=O)CC1Sc2ccccc2NC1=O. The van der Waals surface area contributed by atoms with Crippen molar-refractivity contribution >= 4 is 35.2 Å². The first-order valence-electron chi connectivity index (χ1n) is 8.05. The van der Waals surface area contributed by atoms with Crippen molar-refractivity contribution in [2.75, 3.05) is 25.0 Å². The molecule has 1 aromatic carbocycles. The van der Waals surface area contributed by atoms with Crippen LogP contribution in [0.15, 0.2) is 41.3 Å². The highest BCUT2D eigenvalue weighted by atomic mass is 32.2. The fourth-order valence-corrected chi connectivity index (χ4v) is 3.47. The number of anilines is 1. The molecule has 0 aliphatic carbocycles. The third kappa shape index (κ3) is 5.35. The summed E-state index contributed by atoms with van der Waals surface area (Å²) in [4.78, 5) is 38.6. The molecule has 7 heteroatoms. The molecule has 1 aliphatic rings. The average Bonchev–Trinajstić information content (AvgIpc) is 2.58. The van der Waals surface area contributed by atoms with Crippen LogP contribution in [0, 0.1) is 0 Å². The molecular formula is C18H22N2O4S. The zero-order chi connectivity index (χ0) is 18.4. The van der Waals surface area contributed by atoms with E-state index in [2.05, 4.69) is 11.9 Å². The fourth-order valence-electron chi connectivity index (χ4n) is 2.37. The van der Waals surface area contributed by atoms with Gasteiger partial charge in [0, 0.05) is 18.0 Å². The molecule has 0 saturated carbocycles. The van der Waals surface area contributed by atoms with Crippen molar-refractivity contribution in [1.82, 2.24) is 4.90 Å². The van der Waals surface area contributed by atoms with Gasteiger partial charge >= 0.3 is 5.97 Å². The van der Waals surface area contributed by atoms with Gasteiger partial charge in [-0.1, -0.05) is 24.3 Å². The highest BCUT2D eigenvalue weighted by molar-refractivity contribution is 8.01. The van der Waals surface area contributed by atoms with Gasteiger partial charge in [-0.15, -0.1) is 11.8 Å². The monoisotopic (exact) mass is 362 g/mol. The molecule has 0 bridgehead atoms. The standard InChI is InChI=1S/C18H22N2O4S/c1-4-20(10-12(2)3)16(21)11-24-17(22)9-15-18(23)19-13-7-5-6-8-14(13)25-15/h5-8,15H,2,4,9-11H2,1,3H3,(H,19,23). The number of esters is 1. The highest BCUT2D eigenvalue weighted by Gasteiger charge is 2.29. The summed E-state index contributed by atoms with van der Waals surface area (Å²) >= 11 is 1.33. The molecule has 1 atom stereocenters. The number of carbonyl (C=O) groups is 3. The second kappa shape index (κ2) is 8.71. The molecular weight excluding hydrogens is 340 g/mol. The Labute approximate surface area is 151 Å². The van der Waals surface area contributed by atoms with Gasteiger partial charge in [0.2, 0.25) is 5.91 Å². The molecule has 1 unspecified atom stereocenters. The van der Waals surface area contributed by atoms with Gasteiger partial charge < -0.3 is 15.0 Å². The summed E-state index contributed by atoms with van der Waals surface area (Å²) in [5.74, 6) is -1.07. The van der Waals surface area contributed by atoms with Crippen LogP contribution in [0.3, 0.4) is 0 Å². The van der Waals surface area contributed by atoms with Gasteiger partial charge in [0.1, 0.15) is 0 Å². The lowest BCUT2D eigenvalue weighted by Gasteiger charge is -2.23. The van der Waals surface area contributed by atoms with E-state index in [1.165, 1.54) is 11.8 Å². The lowest BCUT2D eigenvalue weighted by Crippen LogP contribution is -2.36.